The van der Waals surface area contributed by atoms with Crippen molar-refractivity contribution in [3.63, 3.8) is 0 Å². The molecular weight excluding hydrogens is 330 g/mol. The standard InChI is InChI=1S/C20H38N2P2/c1-15(2)23(16(3)4)21(9)19-12-11-13-20(14-19)22(10)24(17(5)6)18(7)8/h11-18H,1-10H3. The molecule has 24 heavy (non-hydrogen) atoms. The Morgan fingerprint density at radius 1 is 0.625 bits per heavy atom. The molecule has 0 saturated heterocycles. The molecule has 0 atom stereocenters. The van der Waals surface area contributed by atoms with Gasteiger partial charge in [0.25, 0.3) is 0 Å². The molecule has 0 amide bonds. The first kappa shape index (κ1) is 21.7. The molecule has 1 rings (SSSR count). The Morgan fingerprint density at radius 2 is 0.917 bits per heavy atom. The van der Waals surface area contributed by atoms with Crippen molar-refractivity contribution in [3.05, 3.63) is 24.3 Å². The summed E-state index contributed by atoms with van der Waals surface area (Å²) < 4.78 is 5.07. The van der Waals surface area contributed by atoms with Crippen LogP contribution in [0.25, 0.3) is 0 Å². The Morgan fingerprint density at radius 3 is 1.17 bits per heavy atom. The fourth-order valence-electron chi connectivity index (χ4n) is 3.74. The molecule has 0 unspecified atom stereocenters. The maximum Gasteiger partial charge on any atom is 0.0417 e. The van der Waals surface area contributed by atoms with Gasteiger partial charge in [0.1, 0.15) is 0 Å². The van der Waals surface area contributed by atoms with E-state index in [0.29, 0.717) is 22.6 Å². The van der Waals surface area contributed by atoms with Gasteiger partial charge in [0, 0.05) is 25.5 Å². The van der Waals surface area contributed by atoms with E-state index in [-0.39, 0.29) is 16.1 Å². The van der Waals surface area contributed by atoms with Crippen LogP contribution in [0.15, 0.2) is 24.3 Å². The molecule has 0 heterocycles. The Balaban J connectivity index is 3.13. The molecule has 0 spiro atoms. The minimum atomic E-state index is -0.168. The van der Waals surface area contributed by atoms with Gasteiger partial charge in [-0.3, -0.25) is 0 Å². The molecule has 2 nitrogen and oxygen atoms in total. The van der Waals surface area contributed by atoms with Crippen LogP contribution in [0.2, 0.25) is 0 Å². The van der Waals surface area contributed by atoms with Crippen LogP contribution in [0.1, 0.15) is 55.4 Å². The summed E-state index contributed by atoms with van der Waals surface area (Å²) in [5.74, 6) is 0. The number of nitrogens with zero attached hydrogens (tertiary/aromatic N) is 2. The van der Waals surface area contributed by atoms with Crippen LogP contribution in [0.3, 0.4) is 0 Å². The highest BCUT2D eigenvalue weighted by atomic mass is 31.1. The summed E-state index contributed by atoms with van der Waals surface area (Å²) in [6, 6.07) is 9.15. The summed E-state index contributed by atoms with van der Waals surface area (Å²) in [6.45, 7) is 18.8. The highest BCUT2D eigenvalue weighted by molar-refractivity contribution is 7.61. The third-order valence-electron chi connectivity index (χ3n) is 4.39. The number of anilines is 2. The predicted octanol–water partition coefficient (Wildman–Crippen LogP) is 6.99. The van der Waals surface area contributed by atoms with E-state index in [1.54, 1.807) is 0 Å². The summed E-state index contributed by atoms with van der Waals surface area (Å²) in [6.07, 6.45) is 0. The van der Waals surface area contributed by atoms with E-state index in [0.717, 1.165) is 0 Å². The lowest BCUT2D eigenvalue weighted by Gasteiger charge is -2.38. The van der Waals surface area contributed by atoms with E-state index in [9.17, 15) is 0 Å². The van der Waals surface area contributed by atoms with Gasteiger partial charge in [0.15, 0.2) is 0 Å². The summed E-state index contributed by atoms with van der Waals surface area (Å²) in [5, 5.41) is 0. The van der Waals surface area contributed by atoms with Crippen LogP contribution in [0.4, 0.5) is 11.4 Å². The van der Waals surface area contributed by atoms with Crippen LogP contribution in [-0.4, -0.2) is 36.7 Å². The smallest absolute Gasteiger partial charge is 0.0417 e. The van der Waals surface area contributed by atoms with E-state index < -0.39 is 0 Å². The monoisotopic (exact) mass is 368 g/mol. The van der Waals surface area contributed by atoms with Crippen molar-refractivity contribution in [2.24, 2.45) is 0 Å². The fraction of sp³-hybridized carbons (Fsp3) is 0.700. The van der Waals surface area contributed by atoms with Crippen molar-refractivity contribution >= 4 is 27.5 Å². The van der Waals surface area contributed by atoms with Crippen molar-refractivity contribution in [3.8, 4) is 0 Å². The van der Waals surface area contributed by atoms with Gasteiger partial charge in [-0.1, -0.05) is 61.5 Å². The third kappa shape index (κ3) is 5.34. The normalized spacial score (nSPS) is 12.3. The fourth-order valence-corrected chi connectivity index (χ4v) is 9.68. The second kappa shape index (κ2) is 9.40. The minimum absolute atomic E-state index is 0.168. The van der Waals surface area contributed by atoms with Gasteiger partial charge in [-0.05, 0) is 57.0 Å². The second-order valence-electron chi connectivity index (χ2n) is 7.70. The molecule has 0 saturated carbocycles. The third-order valence-corrected chi connectivity index (χ3v) is 10.5. The molecule has 138 valence electrons. The first-order valence-corrected chi connectivity index (χ1v) is 12.1. The average Bonchev–Trinajstić information content (AvgIpc) is 2.45. The maximum atomic E-state index is 2.54. The van der Waals surface area contributed by atoms with Gasteiger partial charge in [-0.15, -0.1) is 0 Å². The zero-order valence-electron chi connectivity index (χ0n) is 17.4. The predicted molar refractivity (Wildman–Crippen MR) is 118 cm³/mol. The van der Waals surface area contributed by atoms with E-state index in [1.807, 2.05) is 0 Å². The van der Waals surface area contributed by atoms with Crippen LogP contribution in [0, 0.1) is 0 Å². The van der Waals surface area contributed by atoms with Gasteiger partial charge in [-0.25, -0.2) is 0 Å². The summed E-state index contributed by atoms with van der Waals surface area (Å²) in [7, 11) is 4.22. The topological polar surface area (TPSA) is 6.48 Å². The zero-order chi connectivity index (χ0) is 18.6. The minimum Gasteiger partial charge on any atom is -0.353 e. The molecule has 0 aliphatic heterocycles. The van der Waals surface area contributed by atoms with Crippen LogP contribution < -0.4 is 9.34 Å². The Labute approximate surface area is 153 Å². The van der Waals surface area contributed by atoms with Gasteiger partial charge in [0.05, 0.1) is 0 Å². The van der Waals surface area contributed by atoms with Crippen LogP contribution in [-0.2, 0) is 0 Å². The van der Waals surface area contributed by atoms with Crippen molar-refractivity contribution < 1.29 is 0 Å². The van der Waals surface area contributed by atoms with Crippen LogP contribution >= 0.6 is 16.1 Å². The molecule has 0 aliphatic carbocycles. The van der Waals surface area contributed by atoms with E-state index in [1.165, 1.54) is 11.4 Å². The average molecular weight is 368 g/mol. The van der Waals surface area contributed by atoms with Crippen molar-refractivity contribution in [2.45, 2.75) is 78.0 Å². The lowest BCUT2D eigenvalue weighted by molar-refractivity contribution is 0.987. The van der Waals surface area contributed by atoms with E-state index in [4.69, 9.17) is 0 Å². The Bertz CT molecular complexity index is 443. The second-order valence-corrected chi connectivity index (χ2v) is 14.6. The number of rotatable bonds is 8. The zero-order valence-corrected chi connectivity index (χ0v) is 19.2. The number of benzene rings is 1. The van der Waals surface area contributed by atoms with Gasteiger partial charge in [0.2, 0.25) is 0 Å². The molecule has 0 radical (unpaired) electrons. The summed E-state index contributed by atoms with van der Waals surface area (Å²) in [5.41, 5.74) is 5.53. The van der Waals surface area contributed by atoms with Crippen molar-refractivity contribution in [2.75, 3.05) is 23.4 Å². The lowest BCUT2D eigenvalue weighted by Crippen LogP contribution is -2.23. The molecule has 1 aromatic carbocycles. The molecular formula is C20H38N2P2. The molecule has 0 N–H and O–H groups in total. The maximum absolute atomic E-state index is 2.54. The van der Waals surface area contributed by atoms with Crippen molar-refractivity contribution in [1.29, 1.82) is 0 Å². The Kier molecular flexibility index (Phi) is 8.51. The molecule has 0 bridgehead atoms. The Hall–Kier alpha value is -0.320. The summed E-state index contributed by atoms with van der Waals surface area (Å²) >= 11 is 0. The molecule has 0 aromatic heterocycles. The van der Waals surface area contributed by atoms with E-state index >= 15 is 0 Å². The quantitative estimate of drug-likeness (QED) is 0.456. The number of hydrogen-bond acceptors (Lipinski definition) is 2. The molecule has 4 heteroatoms. The van der Waals surface area contributed by atoms with Gasteiger partial charge < -0.3 is 9.34 Å². The first-order chi connectivity index (χ1) is 11.1. The summed E-state index contributed by atoms with van der Waals surface area (Å²) in [4.78, 5) is 0. The first-order valence-electron chi connectivity index (χ1n) is 9.21. The highest BCUT2D eigenvalue weighted by Gasteiger charge is 2.25. The lowest BCUT2D eigenvalue weighted by atomic mass is 10.3. The molecule has 0 fully saturated rings. The highest BCUT2D eigenvalue weighted by Crippen LogP contribution is 2.53. The van der Waals surface area contributed by atoms with Crippen molar-refractivity contribution in [1.82, 2.24) is 0 Å². The number of hydrogen-bond donors (Lipinski definition) is 0. The van der Waals surface area contributed by atoms with E-state index in [2.05, 4.69) is 103 Å². The molecule has 0 aliphatic rings. The van der Waals surface area contributed by atoms with Gasteiger partial charge >= 0.3 is 0 Å². The SMILES string of the molecule is CC(C)P(C(C)C)N(C)c1cccc(N(C)P(C(C)C)C(C)C)c1. The van der Waals surface area contributed by atoms with Gasteiger partial charge in [-0.2, -0.15) is 0 Å². The van der Waals surface area contributed by atoms with Crippen LogP contribution in [0.5, 0.6) is 0 Å². The largest absolute Gasteiger partial charge is 0.353 e. The molecule has 1 aromatic rings.